The molecular formula is C19H15Cl2N5S. The molecule has 0 aliphatic carbocycles. The third-order valence-corrected chi connectivity index (χ3v) is 5.71. The van der Waals surface area contributed by atoms with Crippen LogP contribution in [-0.2, 0) is 0 Å². The number of thiazole rings is 1. The molecule has 2 aromatic carbocycles. The molecule has 2 heterocycles. The normalized spacial score (nSPS) is 11.0. The van der Waals surface area contributed by atoms with Gasteiger partial charge in [-0.15, -0.1) is 0 Å². The number of para-hydroxylation sites is 1. The van der Waals surface area contributed by atoms with Gasteiger partial charge in [0, 0.05) is 11.4 Å². The predicted octanol–water partition coefficient (Wildman–Crippen LogP) is 6.50. The summed E-state index contributed by atoms with van der Waals surface area (Å²) in [6.07, 6.45) is 1.52. The largest absolute Gasteiger partial charge is 0.338 e. The zero-order valence-corrected chi connectivity index (χ0v) is 16.9. The van der Waals surface area contributed by atoms with Gasteiger partial charge in [-0.2, -0.15) is 0 Å². The van der Waals surface area contributed by atoms with Crippen LogP contribution in [0.4, 0.5) is 22.3 Å². The summed E-state index contributed by atoms with van der Waals surface area (Å²) in [4.78, 5) is 14.1. The Balaban J connectivity index is 1.68. The number of fused-ring (bicyclic) bond motifs is 1. The minimum atomic E-state index is 0.475. The predicted molar refractivity (Wildman–Crippen MR) is 114 cm³/mol. The number of nitrogens with zero attached hydrogens (tertiary/aromatic N) is 3. The van der Waals surface area contributed by atoms with Crippen LogP contribution >= 0.6 is 34.5 Å². The highest BCUT2D eigenvalue weighted by Gasteiger charge is 2.13. The fourth-order valence-electron chi connectivity index (χ4n) is 2.73. The number of nitrogens with one attached hydrogen (secondary N) is 2. The Bertz CT molecular complexity index is 1120. The Labute approximate surface area is 170 Å². The Morgan fingerprint density at radius 1 is 0.926 bits per heavy atom. The maximum absolute atomic E-state index is 6.09. The fourth-order valence-corrected chi connectivity index (χ4v) is 3.84. The summed E-state index contributed by atoms with van der Waals surface area (Å²) >= 11 is 13.6. The Hall–Kier alpha value is -2.41. The van der Waals surface area contributed by atoms with E-state index < -0.39 is 0 Å². The lowest BCUT2D eigenvalue weighted by molar-refractivity contribution is 1.21. The molecular weight excluding hydrogens is 401 g/mol. The van der Waals surface area contributed by atoms with Crippen molar-refractivity contribution in [3.63, 3.8) is 0 Å². The first-order valence-corrected chi connectivity index (χ1v) is 9.75. The fraction of sp³-hybridized carbons (Fsp3) is 0.105. The number of hydrogen-bond acceptors (Lipinski definition) is 6. The average molecular weight is 416 g/mol. The van der Waals surface area contributed by atoms with Crippen LogP contribution in [0.2, 0.25) is 10.0 Å². The van der Waals surface area contributed by atoms with Gasteiger partial charge in [0.15, 0.2) is 15.8 Å². The van der Waals surface area contributed by atoms with Gasteiger partial charge in [-0.1, -0.05) is 52.7 Å². The summed E-state index contributed by atoms with van der Waals surface area (Å²) in [7, 11) is 0. The van der Waals surface area contributed by atoms with Gasteiger partial charge in [-0.25, -0.2) is 15.0 Å². The van der Waals surface area contributed by atoms with E-state index in [0.29, 0.717) is 21.4 Å². The van der Waals surface area contributed by atoms with Crippen molar-refractivity contribution in [3.05, 3.63) is 63.9 Å². The molecule has 2 aromatic heterocycles. The zero-order chi connectivity index (χ0) is 19.0. The number of benzene rings is 2. The van der Waals surface area contributed by atoms with Crippen molar-refractivity contribution < 1.29 is 0 Å². The SMILES string of the molecule is Cc1cccc(C)c1Nc1nc2c(Nc3ccc(Cl)c(Cl)c3)ncnc2s1. The van der Waals surface area contributed by atoms with E-state index in [4.69, 9.17) is 23.2 Å². The number of aromatic nitrogens is 3. The third kappa shape index (κ3) is 3.69. The molecule has 5 nitrogen and oxygen atoms in total. The van der Waals surface area contributed by atoms with E-state index in [-0.39, 0.29) is 0 Å². The molecule has 0 aliphatic heterocycles. The Morgan fingerprint density at radius 3 is 2.44 bits per heavy atom. The van der Waals surface area contributed by atoms with Crippen LogP contribution in [0.25, 0.3) is 10.3 Å². The molecule has 27 heavy (non-hydrogen) atoms. The summed E-state index contributed by atoms with van der Waals surface area (Å²) in [5, 5.41) is 8.39. The number of halogens is 2. The summed E-state index contributed by atoms with van der Waals surface area (Å²) < 4.78 is 0. The summed E-state index contributed by atoms with van der Waals surface area (Å²) in [6.45, 7) is 4.14. The Morgan fingerprint density at radius 2 is 1.70 bits per heavy atom. The lowest BCUT2D eigenvalue weighted by Gasteiger charge is -2.09. The molecule has 0 saturated heterocycles. The average Bonchev–Trinajstić information content (AvgIpc) is 3.05. The lowest BCUT2D eigenvalue weighted by atomic mass is 10.1. The molecule has 4 aromatic rings. The molecule has 0 fully saturated rings. The summed E-state index contributed by atoms with van der Waals surface area (Å²) in [6, 6.07) is 11.5. The first kappa shape index (κ1) is 18.0. The van der Waals surface area contributed by atoms with Crippen LogP contribution < -0.4 is 10.6 Å². The zero-order valence-electron chi connectivity index (χ0n) is 14.5. The number of hydrogen-bond donors (Lipinski definition) is 2. The minimum absolute atomic E-state index is 0.475. The first-order valence-electron chi connectivity index (χ1n) is 8.18. The van der Waals surface area contributed by atoms with Crippen LogP contribution in [0.1, 0.15) is 11.1 Å². The molecule has 4 rings (SSSR count). The second-order valence-electron chi connectivity index (χ2n) is 6.04. The molecule has 2 N–H and O–H groups in total. The van der Waals surface area contributed by atoms with Gasteiger partial charge in [0.05, 0.1) is 10.0 Å². The van der Waals surface area contributed by atoms with Crippen molar-refractivity contribution in [1.82, 2.24) is 15.0 Å². The standard InChI is InChI=1S/C19H15Cl2N5S/c1-10-4-3-5-11(2)15(10)25-19-26-16-17(22-9-23-18(16)27-19)24-12-6-7-13(20)14(21)8-12/h3-9H,1-2H3,(H,25,26)(H,22,23,24). The van der Waals surface area contributed by atoms with E-state index in [1.54, 1.807) is 12.1 Å². The van der Waals surface area contributed by atoms with E-state index in [2.05, 4.69) is 51.6 Å². The van der Waals surface area contributed by atoms with Gasteiger partial charge in [-0.3, -0.25) is 0 Å². The molecule has 0 spiro atoms. The molecule has 136 valence electrons. The van der Waals surface area contributed by atoms with E-state index in [1.165, 1.54) is 17.7 Å². The van der Waals surface area contributed by atoms with Crippen LogP contribution in [0.5, 0.6) is 0 Å². The van der Waals surface area contributed by atoms with E-state index >= 15 is 0 Å². The molecule has 0 aliphatic rings. The molecule has 8 heteroatoms. The van der Waals surface area contributed by atoms with Crippen molar-refractivity contribution in [3.8, 4) is 0 Å². The lowest BCUT2D eigenvalue weighted by Crippen LogP contribution is -1.97. The molecule has 0 bridgehead atoms. The second-order valence-corrected chi connectivity index (χ2v) is 7.83. The molecule has 0 amide bonds. The quantitative estimate of drug-likeness (QED) is 0.398. The smallest absolute Gasteiger partial charge is 0.189 e. The first-order chi connectivity index (χ1) is 13.0. The number of rotatable bonds is 4. The van der Waals surface area contributed by atoms with E-state index in [1.807, 2.05) is 12.1 Å². The molecule has 0 unspecified atom stereocenters. The molecule has 0 atom stereocenters. The second kappa shape index (κ2) is 7.31. The van der Waals surface area contributed by atoms with Crippen LogP contribution in [0.15, 0.2) is 42.7 Å². The van der Waals surface area contributed by atoms with Crippen molar-refractivity contribution >= 4 is 67.2 Å². The van der Waals surface area contributed by atoms with Crippen molar-refractivity contribution in [2.75, 3.05) is 10.6 Å². The highest BCUT2D eigenvalue weighted by Crippen LogP contribution is 2.33. The summed E-state index contributed by atoms with van der Waals surface area (Å²) in [5.41, 5.74) is 4.86. The van der Waals surface area contributed by atoms with Crippen molar-refractivity contribution in [2.24, 2.45) is 0 Å². The minimum Gasteiger partial charge on any atom is -0.338 e. The van der Waals surface area contributed by atoms with Gasteiger partial charge < -0.3 is 10.6 Å². The van der Waals surface area contributed by atoms with Crippen molar-refractivity contribution in [2.45, 2.75) is 13.8 Å². The topological polar surface area (TPSA) is 62.7 Å². The van der Waals surface area contributed by atoms with Gasteiger partial charge in [-0.05, 0) is 43.2 Å². The number of anilines is 4. The maximum Gasteiger partial charge on any atom is 0.189 e. The Kier molecular flexibility index (Phi) is 4.86. The van der Waals surface area contributed by atoms with E-state index in [0.717, 1.165) is 32.5 Å². The van der Waals surface area contributed by atoms with E-state index in [9.17, 15) is 0 Å². The van der Waals surface area contributed by atoms with Gasteiger partial charge in [0.25, 0.3) is 0 Å². The molecule has 0 radical (unpaired) electrons. The highest BCUT2D eigenvalue weighted by molar-refractivity contribution is 7.21. The van der Waals surface area contributed by atoms with Gasteiger partial charge in [0.1, 0.15) is 11.8 Å². The van der Waals surface area contributed by atoms with Crippen LogP contribution in [0, 0.1) is 13.8 Å². The summed E-state index contributed by atoms with van der Waals surface area (Å²) in [5.74, 6) is 0.615. The molecule has 0 saturated carbocycles. The monoisotopic (exact) mass is 415 g/mol. The van der Waals surface area contributed by atoms with Crippen LogP contribution in [-0.4, -0.2) is 15.0 Å². The highest BCUT2D eigenvalue weighted by atomic mass is 35.5. The number of aryl methyl sites for hydroxylation is 2. The van der Waals surface area contributed by atoms with Crippen molar-refractivity contribution in [1.29, 1.82) is 0 Å². The van der Waals surface area contributed by atoms with Gasteiger partial charge in [0.2, 0.25) is 0 Å². The van der Waals surface area contributed by atoms with Gasteiger partial charge >= 0.3 is 0 Å². The maximum atomic E-state index is 6.09. The van der Waals surface area contributed by atoms with Crippen LogP contribution in [0.3, 0.4) is 0 Å². The third-order valence-electron chi connectivity index (χ3n) is 4.09.